The highest BCUT2D eigenvalue weighted by Gasteiger charge is 2.20. The largest absolute Gasteiger partial charge is 0.301 e. The molecule has 25 heavy (non-hydrogen) atoms. The van der Waals surface area contributed by atoms with E-state index in [0.29, 0.717) is 15.8 Å². The summed E-state index contributed by atoms with van der Waals surface area (Å²) in [6.45, 7) is 1.85. The summed E-state index contributed by atoms with van der Waals surface area (Å²) in [6, 6.07) is 7.25. The first-order valence-electron chi connectivity index (χ1n) is 7.76. The molecular weight excluding hydrogens is 360 g/mol. The average Bonchev–Trinajstić information content (AvgIpc) is 3.21. The van der Waals surface area contributed by atoms with Gasteiger partial charge in [-0.3, -0.25) is 10.1 Å². The lowest BCUT2D eigenvalue weighted by Crippen LogP contribution is -2.25. The molecule has 0 spiro atoms. The Bertz CT molecular complexity index is 936. The number of aromatic nitrogens is 4. The minimum atomic E-state index is -0.335. The molecule has 3 aromatic rings. The standard InChI is InChI=1S/C16H15ClN6OS/c1-22-7-6-11-14(9-22)25-16(18-11)19-15(24)12-8-23(21-20-12)13-5-3-2-4-10(13)17/h2-5,8H,6-7,9H2,1H3,(H,18,19,24). The number of likely N-dealkylation sites (N-methyl/N-ethyl adjacent to an activating group) is 1. The van der Waals surface area contributed by atoms with E-state index in [1.165, 1.54) is 20.9 Å². The Hall–Kier alpha value is -2.29. The first kappa shape index (κ1) is 16.2. The molecular formula is C16H15ClN6OS. The van der Waals surface area contributed by atoms with Crippen LogP contribution < -0.4 is 5.32 Å². The first-order valence-corrected chi connectivity index (χ1v) is 8.95. The number of hydrogen-bond acceptors (Lipinski definition) is 6. The molecule has 0 unspecified atom stereocenters. The topological polar surface area (TPSA) is 75.9 Å². The molecule has 128 valence electrons. The smallest absolute Gasteiger partial charge is 0.279 e. The van der Waals surface area contributed by atoms with Gasteiger partial charge < -0.3 is 4.90 Å². The van der Waals surface area contributed by atoms with Gasteiger partial charge in [-0.2, -0.15) is 0 Å². The third-order valence-corrected chi connectivity index (χ3v) is 5.29. The zero-order valence-electron chi connectivity index (χ0n) is 13.4. The van der Waals surface area contributed by atoms with Gasteiger partial charge in [0, 0.05) is 24.4 Å². The minimum Gasteiger partial charge on any atom is -0.301 e. The molecule has 0 saturated carbocycles. The van der Waals surface area contributed by atoms with Crippen LogP contribution in [0.5, 0.6) is 0 Å². The van der Waals surface area contributed by atoms with Crippen molar-refractivity contribution in [2.24, 2.45) is 0 Å². The maximum atomic E-state index is 12.4. The lowest BCUT2D eigenvalue weighted by atomic mass is 10.2. The van der Waals surface area contributed by atoms with Gasteiger partial charge in [0.1, 0.15) is 0 Å². The van der Waals surface area contributed by atoms with Crippen LogP contribution in [-0.4, -0.2) is 44.4 Å². The lowest BCUT2D eigenvalue weighted by molar-refractivity contribution is 0.102. The Kier molecular flexibility index (Phi) is 4.24. The third-order valence-electron chi connectivity index (χ3n) is 3.97. The first-order chi connectivity index (χ1) is 12.1. The Morgan fingerprint density at radius 3 is 3.04 bits per heavy atom. The number of hydrogen-bond donors (Lipinski definition) is 1. The van der Waals surface area contributed by atoms with E-state index in [-0.39, 0.29) is 11.6 Å². The summed E-state index contributed by atoms with van der Waals surface area (Å²) in [6.07, 6.45) is 2.46. The van der Waals surface area contributed by atoms with Crippen LogP contribution in [0.25, 0.3) is 5.69 Å². The number of carbonyl (C=O) groups excluding carboxylic acids is 1. The number of thiazole rings is 1. The second kappa shape index (κ2) is 6.55. The van der Waals surface area contributed by atoms with Gasteiger partial charge in [0.2, 0.25) is 0 Å². The van der Waals surface area contributed by atoms with E-state index in [1.54, 1.807) is 12.3 Å². The minimum absolute atomic E-state index is 0.213. The summed E-state index contributed by atoms with van der Waals surface area (Å²) >= 11 is 7.65. The number of amides is 1. The molecule has 4 rings (SSSR count). The van der Waals surface area contributed by atoms with Crippen LogP contribution in [0.15, 0.2) is 30.5 Å². The van der Waals surface area contributed by atoms with E-state index < -0.39 is 0 Å². The molecule has 0 atom stereocenters. The molecule has 3 heterocycles. The van der Waals surface area contributed by atoms with Crippen LogP contribution in [0.4, 0.5) is 5.13 Å². The van der Waals surface area contributed by atoms with Crippen LogP contribution in [-0.2, 0) is 13.0 Å². The van der Waals surface area contributed by atoms with Crippen LogP contribution in [0, 0.1) is 0 Å². The summed E-state index contributed by atoms with van der Waals surface area (Å²) in [7, 11) is 2.08. The van der Waals surface area contributed by atoms with E-state index in [0.717, 1.165) is 25.2 Å². The Balaban J connectivity index is 1.52. The highest BCUT2D eigenvalue weighted by molar-refractivity contribution is 7.15. The van der Waals surface area contributed by atoms with Gasteiger partial charge in [0.15, 0.2) is 10.8 Å². The van der Waals surface area contributed by atoms with Gasteiger partial charge in [0.05, 0.1) is 22.6 Å². The molecule has 1 aliphatic rings. The average molecular weight is 375 g/mol. The molecule has 0 bridgehead atoms. The second-order valence-corrected chi connectivity index (χ2v) is 7.32. The fraction of sp³-hybridized carbons (Fsp3) is 0.250. The molecule has 1 aromatic carbocycles. The number of anilines is 1. The van der Waals surface area contributed by atoms with Crippen molar-refractivity contribution in [2.45, 2.75) is 13.0 Å². The van der Waals surface area contributed by atoms with Crippen LogP contribution in [0.1, 0.15) is 21.1 Å². The molecule has 2 aromatic heterocycles. The quantitative estimate of drug-likeness (QED) is 0.762. The number of rotatable bonds is 3. The maximum absolute atomic E-state index is 12.4. The van der Waals surface area contributed by atoms with E-state index in [4.69, 9.17) is 11.6 Å². The Labute approximate surface area is 153 Å². The van der Waals surface area contributed by atoms with Gasteiger partial charge in [-0.1, -0.05) is 28.9 Å². The van der Waals surface area contributed by atoms with E-state index in [1.807, 2.05) is 18.2 Å². The highest BCUT2D eigenvalue weighted by atomic mass is 35.5. The molecule has 1 amide bonds. The van der Waals surface area contributed by atoms with E-state index in [2.05, 4.69) is 32.6 Å². The normalized spacial score (nSPS) is 14.3. The molecule has 1 N–H and O–H groups in total. The SMILES string of the molecule is CN1CCc2nc(NC(=O)c3cn(-c4ccccc4Cl)nn3)sc2C1. The van der Waals surface area contributed by atoms with Crippen molar-refractivity contribution >= 4 is 34.0 Å². The number of para-hydroxylation sites is 1. The van der Waals surface area contributed by atoms with Crippen LogP contribution in [0.2, 0.25) is 5.02 Å². The van der Waals surface area contributed by atoms with E-state index in [9.17, 15) is 4.79 Å². The fourth-order valence-electron chi connectivity index (χ4n) is 2.66. The number of carbonyl (C=O) groups is 1. The second-order valence-electron chi connectivity index (χ2n) is 5.83. The third kappa shape index (κ3) is 3.28. The zero-order valence-corrected chi connectivity index (χ0v) is 15.0. The highest BCUT2D eigenvalue weighted by Crippen LogP contribution is 2.28. The van der Waals surface area contributed by atoms with Gasteiger partial charge in [0.25, 0.3) is 5.91 Å². The summed E-state index contributed by atoms with van der Waals surface area (Å²) in [5, 5.41) is 11.9. The molecule has 1 aliphatic heterocycles. The molecule has 7 nitrogen and oxygen atoms in total. The number of nitrogens with zero attached hydrogens (tertiary/aromatic N) is 5. The van der Waals surface area contributed by atoms with Gasteiger partial charge in [-0.25, -0.2) is 9.67 Å². The molecule has 9 heteroatoms. The van der Waals surface area contributed by atoms with Crippen molar-refractivity contribution in [3.63, 3.8) is 0 Å². The lowest BCUT2D eigenvalue weighted by Gasteiger charge is -2.20. The number of fused-ring (bicyclic) bond motifs is 1. The van der Waals surface area contributed by atoms with Crippen molar-refractivity contribution < 1.29 is 4.79 Å². The maximum Gasteiger partial charge on any atom is 0.279 e. The van der Waals surface area contributed by atoms with Crippen molar-refractivity contribution in [3.8, 4) is 5.69 Å². The predicted octanol–water partition coefficient (Wildman–Crippen LogP) is 2.62. The summed E-state index contributed by atoms with van der Waals surface area (Å²) < 4.78 is 1.49. The van der Waals surface area contributed by atoms with Crippen LogP contribution >= 0.6 is 22.9 Å². The number of halogens is 1. The predicted molar refractivity (Wildman–Crippen MR) is 96.5 cm³/mol. The van der Waals surface area contributed by atoms with Gasteiger partial charge >= 0.3 is 0 Å². The summed E-state index contributed by atoms with van der Waals surface area (Å²) in [4.78, 5) is 20.4. The molecule has 0 saturated heterocycles. The van der Waals surface area contributed by atoms with Crippen molar-refractivity contribution in [1.29, 1.82) is 0 Å². The summed E-state index contributed by atoms with van der Waals surface area (Å²) in [5.74, 6) is -0.335. The van der Waals surface area contributed by atoms with E-state index >= 15 is 0 Å². The number of benzene rings is 1. The zero-order chi connectivity index (χ0) is 17.4. The van der Waals surface area contributed by atoms with Gasteiger partial charge in [-0.15, -0.1) is 16.4 Å². The van der Waals surface area contributed by atoms with Crippen LogP contribution in [0.3, 0.4) is 0 Å². The number of nitrogens with one attached hydrogen (secondary N) is 1. The van der Waals surface area contributed by atoms with Crippen molar-refractivity contribution in [3.05, 3.63) is 51.7 Å². The molecule has 0 radical (unpaired) electrons. The Morgan fingerprint density at radius 2 is 2.20 bits per heavy atom. The van der Waals surface area contributed by atoms with Crippen molar-refractivity contribution in [1.82, 2.24) is 24.9 Å². The van der Waals surface area contributed by atoms with Crippen molar-refractivity contribution in [2.75, 3.05) is 18.9 Å². The Morgan fingerprint density at radius 1 is 1.36 bits per heavy atom. The van der Waals surface area contributed by atoms with Gasteiger partial charge in [-0.05, 0) is 19.2 Å². The molecule has 0 fully saturated rings. The fourth-order valence-corrected chi connectivity index (χ4v) is 3.97. The monoisotopic (exact) mass is 374 g/mol. The summed E-state index contributed by atoms with van der Waals surface area (Å²) in [5.41, 5.74) is 1.95. The molecule has 0 aliphatic carbocycles.